The fraction of sp³-hybridized carbons (Fsp3) is 0.357. The molecular formula is C14H18IN3O2. The number of aliphatic imine (C=N–C) groups is 1. The van der Waals surface area contributed by atoms with E-state index < -0.39 is 0 Å². The predicted molar refractivity (Wildman–Crippen MR) is 90.0 cm³/mol. The number of halogens is 1. The van der Waals surface area contributed by atoms with Crippen molar-refractivity contribution in [3.8, 4) is 5.75 Å². The monoisotopic (exact) mass is 387 g/mol. The molecule has 0 aliphatic carbocycles. The molecule has 1 N–H and O–H groups in total. The molecule has 6 heteroatoms. The summed E-state index contributed by atoms with van der Waals surface area (Å²) in [4.78, 5) is 6.48. The predicted octanol–water partition coefficient (Wildman–Crippen LogP) is 2.45. The number of hydrogen-bond acceptors (Lipinski definition) is 5. The van der Waals surface area contributed by atoms with Crippen LogP contribution in [-0.2, 0) is 6.54 Å². The number of para-hydroxylation sites is 1. The van der Waals surface area contributed by atoms with Gasteiger partial charge in [-0.1, -0.05) is 12.1 Å². The summed E-state index contributed by atoms with van der Waals surface area (Å²) in [6.45, 7) is 2.37. The molecule has 1 aromatic carbocycles. The number of fused-ring (bicyclic) bond motifs is 1. The number of hydrogen-bond donors (Lipinski definition) is 1. The Bertz CT molecular complexity index is 624. The number of ether oxygens (including phenoxy) is 1. The molecule has 0 radical (unpaired) electrons. The van der Waals surface area contributed by atoms with E-state index in [4.69, 9.17) is 9.15 Å². The lowest BCUT2D eigenvalue weighted by Gasteiger charge is -2.14. The molecule has 0 amide bonds. The van der Waals surface area contributed by atoms with Gasteiger partial charge in [0, 0.05) is 13.6 Å². The first kappa shape index (κ1) is 15.0. The highest BCUT2D eigenvalue weighted by molar-refractivity contribution is 14.0. The summed E-state index contributed by atoms with van der Waals surface area (Å²) in [5, 5.41) is 4.29. The van der Waals surface area contributed by atoms with E-state index in [1.165, 1.54) is 0 Å². The van der Waals surface area contributed by atoms with Crippen LogP contribution in [0.5, 0.6) is 5.75 Å². The minimum absolute atomic E-state index is 0. The van der Waals surface area contributed by atoms with Crippen molar-refractivity contribution in [2.45, 2.75) is 6.54 Å². The number of nitrogens with zero attached hydrogens (tertiary/aromatic N) is 2. The van der Waals surface area contributed by atoms with Crippen LogP contribution >= 0.6 is 24.0 Å². The molecule has 0 spiro atoms. The van der Waals surface area contributed by atoms with Gasteiger partial charge in [0.1, 0.15) is 5.58 Å². The average molecular weight is 387 g/mol. The van der Waals surface area contributed by atoms with E-state index in [2.05, 4.69) is 15.2 Å². The SMILES string of the molecule is COc1c(CNC2=NCCN2C)oc2ccccc12.I. The lowest BCUT2D eigenvalue weighted by atomic mass is 10.2. The fourth-order valence-electron chi connectivity index (χ4n) is 2.30. The Kier molecular flexibility index (Phi) is 4.74. The molecule has 1 aliphatic heterocycles. The lowest BCUT2D eigenvalue weighted by Crippen LogP contribution is -2.35. The minimum atomic E-state index is 0. The second kappa shape index (κ2) is 6.34. The van der Waals surface area contributed by atoms with Crippen molar-refractivity contribution in [3.63, 3.8) is 0 Å². The molecular weight excluding hydrogens is 369 g/mol. The van der Waals surface area contributed by atoms with Gasteiger partial charge in [0.25, 0.3) is 0 Å². The van der Waals surface area contributed by atoms with Crippen LogP contribution in [0.25, 0.3) is 11.0 Å². The molecule has 3 rings (SSSR count). The number of benzene rings is 1. The maximum absolute atomic E-state index is 5.82. The van der Waals surface area contributed by atoms with E-state index in [0.717, 1.165) is 41.5 Å². The number of nitrogens with one attached hydrogen (secondary N) is 1. The Labute approximate surface area is 135 Å². The van der Waals surface area contributed by atoms with Gasteiger partial charge in [0.2, 0.25) is 0 Å². The Balaban J connectivity index is 0.00000147. The number of guanidine groups is 1. The highest BCUT2D eigenvalue weighted by Crippen LogP contribution is 2.32. The molecule has 0 unspecified atom stereocenters. The fourth-order valence-corrected chi connectivity index (χ4v) is 2.30. The Morgan fingerprint density at radius 3 is 2.90 bits per heavy atom. The third kappa shape index (κ3) is 2.70. The molecule has 20 heavy (non-hydrogen) atoms. The van der Waals surface area contributed by atoms with Gasteiger partial charge in [-0.15, -0.1) is 24.0 Å². The summed E-state index contributed by atoms with van der Waals surface area (Å²) in [5.41, 5.74) is 0.845. The van der Waals surface area contributed by atoms with Crippen LogP contribution in [0.3, 0.4) is 0 Å². The molecule has 0 bridgehead atoms. The van der Waals surface area contributed by atoms with Crippen molar-refractivity contribution in [1.29, 1.82) is 0 Å². The van der Waals surface area contributed by atoms with Gasteiger partial charge < -0.3 is 19.4 Å². The van der Waals surface area contributed by atoms with E-state index in [-0.39, 0.29) is 24.0 Å². The standard InChI is InChI=1S/C14H17N3O2.HI/c1-17-8-7-15-14(17)16-9-12-13(18-2)10-5-3-4-6-11(10)19-12;/h3-6H,7-9H2,1-2H3,(H,15,16);1H. The summed E-state index contributed by atoms with van der Waals surface area (Å²) < 4.78 is 11.3. The number of rotatable bonds is 3. The van der Waals surface area contributed by atoms with Crippen LogP contribution in [0.4, 0.5) is 0 Å². The molecule has 5 nitrogen and oxygen atoms in total. The van der Waals surface area contributed by atoms with Gasteiger partial charge >= 0.3 is 0 Å². The summed E-state index contributed by atoms with van der Waals surface area (Å²) in [5.74, 6) is 2.50. The molecule has 108 valence electrons. The molecule has 0 saturated heterocycles. The third-order valence-corrected chi connectivity index (χ3v) is 3.29. The Morgan fingerprint density at radius 2 is 2.20 bits per heavy atom. The van der Waals surface area contributed by atoms with E-state index in [1.54, 1.807) is 7.11 Å². The van der Waals surface area contributed by atoms with Crippen molar-refractivity contribution < 1.29 is 9.15 Å². The van der Waals surface area contributed by atoms with Gasteiger partial charge in [-0.2, -0.15) is 0 Å². The largest absolute Gasteiger partial charge is 0.492 e. The zero-order chi connectivity index (χ0) is 13.2. The lowest BCUT2D eigenvalue weighted by molar-refractivity contribution is 0.393. The van der Waals surface area contributed by atoms with Crippen molar-refractivity contribution >= 4 is 40.9 Å². The Morgan fingerprint density at radius 1 is 1.40 bits per heavy atom. The van der Waals surface area contributed by atoms with E-state index in [0.29, 0.717) is 6.54 Å². The van der Waals surface area contributed by atoms with Crippen molar-refractivity contribution in [3.05, 3.63) is 30.0 Å². The highest BCUT2D eigenvalue weighted by Gasteiger charge is 2.17. The van der Waals surface area contributed by atoms with Crippen LogP contribution in [0.15, 0.2) is 33.7 Å². The second-order valence-corrected chi connectivity index (χ2v) is 4.54. The van der Waals surface area contributed by atoms with Gasteiger partial charge in [-0.05, 0) is 12.1 Å². The van der Waals surface area contributed by atoms with Gasteiger partial charge in [-0.3, -0.25) is 4.99 Å². The van der Waals surface area contributed by atoms with E-state index in [1.807, 2.05) is 31.3 Å². The first-order valence-electron chi connectivity index (χ1n) is 6.33. The molecule has 2 aromatic rings. The molecule has 1 aliphatic rings. The first-order valence-corrected chi connectivity index (χ1v) is 6.33. The molecule has 2 heterocycles. The highest BCUT2D eigenvalue weighted by atomic mass is 127. The van der Waals surface area contributed by atoms with Crippen molar-refractivity contribution in [2.75, 3.05) is 27.2 Å². The maximum atomic E-state index is 5.82. The minimum Gasteiger partial charge on any atom is -0.492 e. The summed E-state index contributed by atoms with van der Waals surface area (Å²) in [7, 11) is 3.69. The number of likely N-dealkylation sites (N-methyl/N-ethyl adjacent to an activating group) is 1. The first-order chi connectivity index (χ1) is 9.29. The summed E-state index contributed by atoms with van der Waals surface area (Å²) in [6.07, 6.45) is 0. The van der Waals surface area contributed by atoms with E-state index in [9.17, 15) is 0 Å². The van der Waals surface area contributed by atoms with Gasteiger partial charge in [0.15, 0.2) is 17.5 Å². The average Bonchev–Trinajstić information content (AvgIpc) is 2.99. The van der Waals surface area contributed by atoms with Crippen LogP contribution in [0.1, 0.15) is 5.76 Å². The van der Waals surface area contributed by atoms with Crippen molar-refractivity contribution in [1.82, 2.24) is 10.2 Å². The second-order valence-electron chi connectivity index (χ2n) is 4.54. The van der Waals surface area contributed by atoms with E-state index >= 15 is 0 Å². The molecule has 0 atom stereocenters. The molecule has 0 saturated carbocycles. The van der Waals surface area contributed by atoms with Crippen molar-refractivity contribution in [2.24, 2.45) is 4.99 Å². The topological polar surface area (TPSA) is 50.0 Å². The van der Waals surface area contributed by atoms with Crippen LogP contribution in [-0.4, -0.2) is 38.1 Å². The van der Waals surface area contributed by atoms with Crippen LogP contribution in [0, 0.1) is 0 Å². The van der Waals surface area contributed by atoms with Gasteiger partial charge in [-0.25, -0.2) is 0 Å². The van der Waals surface area contributed by atoms with Crippen LogP contribution in [0.2, 0.25) is 0 Å². The quantitative estimate of drug-likeness (QED) is 0.823. The zero-order valence-corrected chi connectivity index (χ0v) is 13.9. The summed E-state index contributed by atoms with van der Waals surface area (Å²) >= 11 is 0. The zero-order valence-electron chi connectivity index (χ0n) is 11.5. The Hall–Kier alpha value is -1.44. The van der Waals surface area contributed by atoms with Crippen LogP contribution < -0.4 is 10.1 Å². The van der Waals surface area contributed by atoms with Gasteiger partial charge in [0.05, 0.1) is 25.6 Å². The summed E-state index contributed by atoms with van der Waals surface area (Å²) in [6, 6.07) is 7.88. The smallest absolute Gasteiger partial charge is 0.194 e. The number of methoxy groups -OCH3 is 1. The third-order valence-electron chi connectivity index (χ3n) is 3.29. The maximum Gasteiger partial charge on any atom is 0.194 e. The molecule has 0 fully saturated rings. The number of furan rings is 1. The normalized spacial score (nSPS) is 14.1. The molecule has 1 aromatic heterocycles.